The first kappa shape index (κ1) is 13.7. The molecule has 0 aliphatic carbocycles. The summed E-state index contributed by atoms with van der Waals surface area (Å²) < 4.78 is 14.1. The molecule has 15 heavy (non-hydrogen) atoms. The Bertz CT molecular complexity index is 202. The molecule has 0 saturated heterocycles. The monoisotopic (exact) mass is 218 g/mol. The van der Waals surface area contributed by atoms with Crippen molar-refractivity contribution >= 4 is 12.1 Å². The largest absolute Gasteiger partial charge is 0.508 e. The van der Waals surface area contributed by atoms with E-state index in [-0.39, 0.29) is 19.2 Å². The topological polar surface area (TPSA) is 61.8 Å². The molecular weight excluding hydrogens is 200 g/mol. The smallest absolute Gasteiger partial charge is 0.466 e. The first-order valence-corrected chi connectivity index (χ1v) is 5.11. The Balaban J connectivity index is 3.89. The first-order chi connectivity index (χ1) is 7.15. The molecule has 0 bridgehead atoms. The fourth-order valence-electron chi connectivity index (χ4n) is 0.941. The molecule has 0 amide bonds. The maximum absolute atomic E-state index is 11.3. The molecule has 0 spiro atoms. The molecule has 1 atom stereocenters. The Morgan fingerprint density at radius 2 is 1.60 bits per heavy atom. The summed E-state index contributed by atoms with van der Waals surface area (Å²) >= 11 is 0. The van der Waals surface area contributed by atoms with Crippen LogP contribution in [0.5, 0.6) is 0 Å². The van der Waals surface area contributed by atoms with Crippen molar-refractivity contribution in [3.8, 4) is 0 Å². The molecule has 0 radical (unpaired) electrons. The Morgan fingerprint density at radius 1 is 1.00 bits per heavy atom. The van der Waals surface area contributed by atoms with Gasteiger partial charge < -0.3 is 14.2 Å². The molecular formula is C10H18O5. The van der Waals surface area contributed by atoms with Gasteiger partial charge in [-0.15, -0.1) is 0 Å². The zero-order valence-corrected chi connectivity index (χ0v) is 9.45. The van der Waals surface area contributed by atoms with Gasteiger partial charge in [-0.1, -0.05) is 6.92 Å². The van der Waals surface area contributed by atoms with Crippen LogP contribution in [0.15, 0.2) is 0 Å². The Labute approximate surface area is 89.7 Å². The van der Waals surface area contributed by atoms with Gasteiger partial charge in [0.2, 0.25) is 0 Å². The van der Waals surface area contributed by atoms with Gasteiger partial charge in [0.05, 0.1) is 19.1 Å². The zero-order chi connectivity index (χ0) is 11.7. The van der Waals surface area contributed by atoms with Gasteiger partial charge in [0, 0.05) is 0 Å². The molecule has 5 heteroatoms. The highest BCUT2D eigenvalue weighted by molar-refractivity contribution is 5.72. The number of hydrogen-bond donors (Lipinski definition) is 0. The summed E-state index contributed by atoms with van der Waals surface area (Å²) in [4.78, 5) is 22.1. The maximum atomic E-state index is 11.3. The number of rotatable bonds is 6. The lowest BCUT2D eigenvalue weighted by atomic mass is 10.1. The summed E-state index contributed by atoms with van der Waals surface area (Å²) in [6.07, 6.45) is -0.182. The molecule has 0 aromatic carbocycles. The summed E-state index contributed by atoms with van der Waals surface area (Å²) in [6, 6.07) is 0. The van der Waals surface area contributed by atoms with E-state index in [2.05, 4.69) is 4.74 Å². The maximum Gasteiger partial charge on any atom is 0.508 e. The summed E-state index contributed by atoms with van der Waals surface area (Å²) in [5, 5.41) is 0. The van der Waals surface area contributed by atoms with Crippen LogP contribution in [0.3, 0.4) is 0 Å². The minimum absolute atomic E-state index is 0.00810. The van der Waals surface area contributed by atoms with Crippen molar-refractivity contribution in [2.24, 2.45) is 5.92 Å². The molecule has 0 N–H and O–H groups in total. The lowest BCUT2D eigenvalue weighted by molar-refractivity contribution is -0.149. The van der Waals surface area contributed by atoms with Crippen LogP contribution in [0.2, 0.25) is 0 Å². The van der Waals surface area contributed by atoms with E-state index in [1.54, 1.807) is 13.8 Å². The second kappa shape index (κ2) is 8.08. The van der Waals surface area contributed by atoms with Crippen molar-refractivity contribution in [1.82, 2.24) is 0 Å². The number of hydrogen-bond acceptors (Lipinski definition) is 5. The quantitative estimate of drug-likeness (QED) is 0.635. The van der Waals surface area contributed by atoms with Gasteiger partial charge in [-0.3, -0.25) is 4.79 Å². The molecule has 0 saturated carbocycles. The van der Waals surface area contributed by atoms with Crippen LogP contribution in [-0.4, -0.2) is 31.9 Å². The Hall–Kier alpha value is -1.26. The van der Waals surface area contributed by atoms with E-state index in [9.17, 15) is 9.59 Å². The highest BCUT2D eigenvalue weighted by atomic mass is 16.7. The molecule has 0 aliphatic rings. The van der Waals surface area contributed by atoms with E-state index in [1.165, 1.54) is 0 Å². The first-order valence-electron chi connectivity index (χ1n) is 5.11. The number of carbonyl (C=O) groups is 2. The second-order valence-corrected chi connectivity index (χ2v) is 2.85. The van der Waals surface area contributed by atoms with Crippen LogP contribution < -0.4 is 0 Å². The van der Waals surface area contributed by atoms with Crippen molar-refractivity contribution in [1.29, 1.82) is 0 Å². The van der Waals surface area contributed by atoms with E-state index < -0.39 is 12.1 Å². The minimum atomic E-state index is -0.750. The van der Waals surface area contributed by atoms with Crippen LogP contribution in [0, 0.1) is 5.92 Å². The summed E-state index contributed by atoms with van der Waals surface area (Å²) in [5.74, 6) is -0.751. The zero-order valence-electron chi connectivity index (χ0n) is 9.45. The molecule has 0 heterocycles. The van der Waals surface area contributed by atoms with Gasteiger partial charge in [-0.2, -0.15) is 0 Å². The highest BCUT2D eigenvalue weighted by Gasteiger charge is 2.19. The van der Waals surface area contributed by atoms with E-state index in [1.807, 2.05) is 6.92 Å². The summed E-state index contributed by atoms with van der Waals surface area (Å²) in [5.41, 5.74) is 0. The standard InChI is InChI=1S/C10H18O5/c1-4-8(9(11)13-5-2)7-15-10(12)14-6-3/h8H,4-7H2,1-3H3. The van der Waals surface area contributed by atoms with E-state index >= 15 is 0 Å². The summed E-state index contributed by atoms with van der Waals surface area (Å²) in [7, 11) is 0. The normalized spacial score (nSPS) is 11.7. The molecule has 5 nitrogen and oxygen atoms in total. The van der Waals surface area contributed by atoms with Gasteiger partial charge in [-0.25, -0.2) is 4.79 Å². The van der Waals surface area contributed by atoms with Crippen LogP contribution in [0.1, 0.15) is 27.2 Å². The predicted molar refractivity (Wildman–Crippen MR) is 53.4 cm³/mol. The third-order valence-corrected chi connectivity index (χ3v) is 1.78. The van der Waals surface area contributed by atoms with E-state index in [0.29, 0.717) is 13.0 Å². The fourth-order valence-corrected chi connectivity index (χ4v) is 0.941. The average Bonchev–Trinajstić information content (AvgIpc) is 2.19. The average molecular weight is 218 g/mol. The lowest BCUT2D eigenvalue weighted by Crippen LogP contribution is -2.24. The van der Waals surface area contributed by atoms with Gasteiger partial charge in [0.1, 0.15) is 6.61 Å². The van der Waals surface area contributed by atoms with Crippen LogP contribution in [-0.2, 0) is 19.0 Å². The van der Waals surface area contributed by atoms with Crippen molar-refractivity contribution in [2.45, 2.75) is 27.2 Å². The van der Waals surface area contributed by atoms with Crippen molar-refractivity contribution in [2.75, 3.05) is 19.8 Å². The molecule has 0 aromatic heterocycles. The second-order valence-electron chi connectivity index (χ2n) is 2.85. The fraction of sp³-hybridized carbons (Fsp3) is 0.800. The third kappa shape index (κ3) is 5.93. The molecule has 0 rings (SSSR count). The Morgan fingerprint density at radius 3 is 2.07 bits per heavy atom. The van der Waals surface area contributed by atoms with Gasteiger partial charge in [0.25, 0.3) is 0 Å². The number of carbonyl (C=O) groups excluding carboxylic acids is 2. The molecule has 88 valence electrons. The third-order valence-electron chi connectivity index (χ3n) is 1.78. The van der Waals surface area contributed by atoms with Crippen LogP contribution in [0.4, 0.5) is 4.79 Å². The van der Waals surface area contributed by atoms with E-state index in [0.717, 1.165) is 0 Å². The van der Waals surface area contributed by atoms with Crippen molar-refractivity contribution in [3.63, 3.8) is 0 Å². The van der Waals surface area contributed by atoms with E-state index in [4.69, 9.17) is 9.47 Å². The summed E-state index contributed by atoms with van der Waals surface area (Å²) in [6.45, 7) is 5.84. The molecule has 0 fully saturated rings. The van der Waals surface area contributed by atoms with Crippen molar-refractivity contribution < 1.29 is 23.8 Å². The molecule has 0 aromatic rings. The van der Waals surface area contributed by atoms with Crippen LogP contribution >= 0.6 is 0 Å². The Kier molecular flexibility index (Phi) is 7.40. The SMILES string of the molecule is CCOC(=O)OCC(CC)C(=O)OCC. The van der Waals surface area contributed by atoms with Crippen molar-refractivity contribution in [3.05, 3.63) is 0 Å². The van der Waals surface area contributed by atoms with Crippen LogP contribution in [0.25, 0.3) is 0 Å². The number of ether oxygens (including phenoxy) is 3. The van der Waals surface area contributed by atoms with Gasteiger partial charge in [0.15, 0.2) is 0 Å². The predicted octanol–water partition coefficient (Wildman–Crippen LogP) is 1.75. The van der Waals surface area contributed by atoms with Gasteiger partial charge >= 0.3 is 12.1 Å². The molecule has 1 unspecified atom stereocenters. The molecule has 0 aliphatic heterocycles. The van der Waals surface area contributed by atoms with Gasteiger partial charge in [-0.05, 0) is 20.3 Å². The number of esters is 1. The minimum Gasteiger partial charge on any atom is -0.466 e. The highest BCUT2D eigenvalue weighted by Crippen LogP contribution is 2.06. The lowest BCUT2D eigenvalue weighted by Gasteiger charge is -2.13.